The van der Waals surface area contributed by atoms with Crippen LogP contribution in [0.4, 0.5) is 25.1 Å². The number of alkyl halides is 3. The molecule has 1 aliphatic heterocycles. The highest BCUT2D eigenvalue weighted by molar-refractivity contribution is 5.33. The highest BCUT2D eigenvalue weighted by Crippen LogP contribution is 2.31. The van der Waals surface area contributed by atoms with Crippen molar-refractivity contribution in [1.82, 2.24) is 20.1 Å². The molecule has 130 valence electrons. The molecule has 3 rings (SSSR count). The summed E-state index contributed by atoms with van der Waals surface area (Å²) in [4.78, 5) is 15.4. The van der Waals surface area contributed by atoms with Gasteiger partial charge in [-0.15, -0.1) is 0 Å². The van der Waals surface area contributed by atoms with Crippen LogP contribution in [0.25, 0.3) is 0 Å². The van der Waals surface area contributed by atoms with Crippen LogP contribution in [0.15, 0.2) is 16.8 Å². The minimum atomic E-state index is -4.49. The Balaban J connectivity index is 1.78. The van der Waals surface area contributed by atoms with Crippen molar-refractivity contribution in [3.63, 3.8) is 0 Å². The second-order valence-corrected chi connectivity index (χ2v) is 5.85. The Labute approximate surface area is 136 Å². The van der Waals surface area contributed by atoms with E-state index in [1.807, 2.05) is 0 Å². The van der Waals surface area contributed by atoms with Gasteiger partial charge in [-0.1, -0.05) is 0 Å². The van der Waals surface area contributed by atoms with Gasteiger partial charge in [0, 0.05) is 33.4 Å². The zero-order valence-corrected chi connectivity index (χ0v) is 13.3. The largest absolute Gasteiger partial charge is 0.433 e. The van der Waals surface area contributed by atoms with E-state index in [0.717, 1.165) is 25.1 Å². The van der Waals surface area contributed by atoms with E-state index in [0.29, 0.717) is 24.9 Å². The van der Waals surface area contributed by atoms with Crippen molar-refractivity contribution in [1.29, 1.82) is 0 Å². The van der Waals surface area contributed by atoms with E-state index in [2.05, 4.69) is 20.1 Å². The number of hydrogen-bond donors (Lipinski definition) is 0. The number of anilines is 2. The van der Waals surface area contributed by atoms with Gasteiger partial charge in [0.05, 0.1) is 5.92 Å². The van der Waals surface area contributed by atoms with Crippen molar-refractivity contribution >= 4 is 11.9 Å². The Bertz CT molecular complexity index is 702. The van der Waals surface area contributed by atoms with Crippen LogP contribution in [0.5, 0.6) is 0 Å². The van der Waals surface area contributed by atoms with E-state index < -0.39 is 11.9 Å². The van der Waals surface area contributed by atoms with Crippen molar-refractivity contribution in [2.24, 2.45) is 0 Å². The van der Waals surface area contributed by atoms with Gasteiger partial charge >= 0.3 is 6.18 Å². The maximum atomic E-state index is 12.8. The molecule has 3 heterocycles. The number of halogens is 3. The van der Waals surface area contributed by atoms with Crippen LogP contribution in [-0.2, 0) is 6.18 Å². The minimum absolute atomic E-state index is 0.0573. The number of hydrogen-bond acceptors (Lipinski definition) is 7. The first-order valence-electron chi connectivity index (χ1n) is 7.50. The van der Waals surface area contributed by atoms with Gasteiger partial charge in [-0.2, -0.15) is 18.2 Å². The molecule has 7 nitrogen and oxygen atoms in total. The van der Waals surface area contributed by atoms with Crippen molar-refractivity contribution < 1.29 is 17.7 Å². The third-order valence-corrected chi connectivity index (χ3v) is 3.82. The molecule has 0 saturated carbocycles. The molecule has 0 radical (unpaired) electrons. The second-order valence-electron chi connectivity index (χ2n) is 5.85. The summed E-state index contributed by atoms with van der Waals surface area (Å²) in [5, 5.41) is 3.88. The van der Waals surface area contributed by atoms with E-state index in [1.54, 1.807) is 23.9 Å². The second kappa shape index (κ2) is 6.25. The fourth-order valence-corrected chi connectivity index (χ4v) is 2.59. The monoisotopic (exact) mass is 342 g/mol. The van der Waals surface area contributed by atoms with E-state index in [4.69, 9.17) is 4.52 Å². The first-order chi connectivity index (χ1) is 11.3. The SMILES string of the molecule is CN(C)c1noc(C2CCCN(c3nccc(C(F)(F)F)n3)C2)n1. The van der Waals surface area contributed by atoms with Crippen LogP contribution in [0, 0.1) is 0 Å². The molecule has 2 aromatic heterocycles. The summed E-state index contributed by atoms with van der Waals surface area (Å²) in [5.41, 5.74) is -0.942. The van der Waals surface area contributed by atoms with Gasteiger partial charge in [-0.3, -0.25) is 0 Å². The maximum Gasteiger partial charge on any atom is 0.433 e. The minimum Gasteiger partial charge on any atom is -0.344 e. The predicted molar refractivity (Wildman–Crippen MR) is 79.8 cm³/mol. The van der Waals surface area contributed by atoms with E-state index >= 15 is 0 Å². The summed E-state index contributed by atoms with van der Waals surface area (Å²) in [6, 6.07) is 0.867. The first kappa shape index (κ1) is 16.5. The molecule has 0 aromatic carbocycles. The number of aromatic nitrogens is 4. The molecule has 10 heteroatoms. The van der Waals surface area contributed by atoms with Crippen LogP contribution in [0.3, 0.4) is 0 Å². The summed E-state index contributed by atoms with van der Waals surface area (Å²) in [7, 11) is 3.61. The molecule has 1 saturated heterocycles. The van der Waals surface area contributed by atoms with Gasteiger partial charge in [0.25, 0.3) is 5.95 Å². The van der Waals surface area contributed by atoms with Gasteiger partial charge < -0.3 is 14.3 Å². The average molecular weight is 342 g/mol. The molecule has 0 bridgehead atoms. The molecule has 1 atom stereocenters. The molecular formula is C14H17F3N6O. The smallest absolute Gasteiger partial charge is 0.344 e. The van der Waals surface area contributed by atoms with Crippen molar-refractivity contribution in [2.45, 2.75) is 24.9 Å². The lowest BCUT2D eigenvalue weighted by atomic mass is 9.98. The van der Waals surface area contributed by atoms with Gasteiger partial charge in [0.1, 0.15) is 5.69 Å². The lowest BCUT2D eigenvalue weighted by Crippen LogP contribution is -2.36. The molecule has 0 N–H and O–H groups in total. The van der Waals surface area contributed by atoms with Gasteiger partial charge in [-0.25, -0.2) is 9.97 Å². The predicted octanol–water partition coefficient (Wildman–Crippen LogP) is 2.33. The molecule has 0 spiro atoms. The normalized spacial score (nSPS) is 18.7. The summed E-state index contributed by atoms with van der Waals surface area (Å²) in [6.07, 6.45) is -1.75. The van der Waals surface area contributed by atoms with E-state index in [-0.39, 0.29) is 11.9 Å². The Morgan fingerprint density at radius 2 is 2.08 bits per heavy atom. The van der Waals surface area contributed by atoms with Crippen molar-refractivity contribution in [2.75, 3.05) is 37.0 Å². The Kier molecular flexibility index (Phi) is 4.29. The van der Waals surface area contributed by atoms with Crippen LogP contribution >= 0.6 is 0 Å². The summed E-state index contributed by atoms with van der Waals surface area (Å²) >= 11 is 0. The van der Waals surface area contributed by atoms with Crippen LogP contribution < -0.4 is 9.80 Å². The Morgan fingerprint density at radius 1 is 1.29 bits per heavy atom. The summed E-state index contributed by atoms with van der Waals surface area (Å²) < 4.78 is 43.7. The fraction of sp³-hybridized carbons (Fsp3) is 0.571. The summed E-state index contributed by atoms with van der Waals surface area (Å²) in [5.74, 6) is 0.966. The van der Waals surface area contributed by atoms with Crippen LogP contribution in [-0.4, -0.2) is 47.3 Å². The first-order valence-corrected chi connectivity index (χ1v) is 7.50. The standard InChI is InChI=1S/C14H17F3N6O/c1-22(2)13-20-11(24-21-13)9-4-3-7-23(8-9)12-18-6-5-10(19-12)14(15,16)17/h5-6,9H,3-4,7-8H2,1-2H3. The molecule has 0 amide bonds. The Hall–Kier alpha value is -2.39. The third kappa shape index (κ3) is 3.41. The fourth-order valence-electron chi connectivity index (χ4n) is 2.59. The third-order valence-electron chi connectivity index (χ3n) is 3.82. The van der Waals surface area contributed by atoms with Gasteiger partial charge in [0.2, 0.25) is 11.8 Å². The lowest BCUT2D eigenvalue weighted by Gasteiger charge is -2.31. The van der Waals surface area contributed by atoms with Crippen molar-refractivity contribution in [3.8, 4) is 0 Å². The highest BCUT2D eigenvalue weighted by atomic mass is 19.4. The molecule has 1 aliphatic rings. The number of piperidine rings is 1. The Morgan fingerprint density at radius 3 is 2.75 bits per heavy atom. The molecular weight excluding hydrogens is 325 g/mol. The zero-order chi connectivity index (χ0) is 17.3. The average Bonchev–Trinajstić information content (AvgIpc) is 3.05. The van der Waals surface area contributed by atoms with Crippen molar-refractivity contribution in [3.05, 3.63) is 23.8 Å². The molecule has 1 fully saturated rings. The van der Waals surface area contributed by atoms with E-state index in [1.165, 1.54) is 0 Å². The molecule has 1 unspecified atom stereocenters. The lowest BCUT2D eigenvalue weighted by molar-refractivity contribution is -0.141. The maximum absolute atomic E-state index is 12.8. The van der Waals surface area contributed by atoms with Crippen LogP contribution in [0.2, 0.25) is 0 Å². The quantitative estimate of drug-likeness (QED) is 0.848. The van der Waals surface area contributed by atoms with Gasteiger partial charge in [0.15, 0.2) is 0 Å². The van der Waals surface area contributed by atoms with E-state index in [9.17, 15) is 13.2 Å². The van der Waals surface area contributed by atoms with Crippen LogP contribution in [0.1, 0.15) is 30.3 Å². The number of rotatable bonds is 3. The number of nitrogens with zero attached hydrogens (tertiary/aromatic N) is 6. The topological polar surface area (TPSA) is 71.2 Å². The summed E-state index contributed by atoms with van der Waals surface area (Å²) in [6.45, 7) is 1.03. The highest BCUT2D eigenvalue weighted by Gasteiger charge is 2.34. The van der Waals surface area contributed by atoms with Gasteiger partial charge in [-0.05, 0) is 24.1 Å². The zero-order valence-electron chi connectivity index (χ0n) is 13.3. The molecule has 24 heavy (non-hydrogen) atoms. The molecule has 2 aromatic rings. The molecule has 0 aliphatic carbocycles.